The molecule has 3 rings (SSSR count). The number of carbonyl (C=O) groups excluding carboxylic acids is 1. The molecule has 108 valence electrons. The van der Waals surface area contributed by atoms with Crippen molar-refractivity contribution >= 4 is 5.97 Å². The summed E-state index contributed by atoms with van der Waals surface area (Å²) < 4.78 is 5.50. The smallest absolute Gasteiger partial charge is 0.308 e. The Morgan fingerprint density at radius 3 is 2.33 bits per heavy atom. The zero-order valence-corrected chi connectivity index (χ0v) is 12.0. The Labute approximate surface area is 124 Å². The predicted octanol–water partition coefficient (Wildman–Crippen LogP) is 3.39. The van der Waals surface area contributed by atoms with Crippen molar-refractivity contribution in [1.29, 1.82) is 0 Å². The first-order valence-electron chi connectivity index (χ1n) is 7.29. The van der Waals surface area contributed by atoms with Gasteiger partial charge in [0.05, 0.1) is 12.5 Å². The van der Waals surface area contributed by atoms with E-state index in [4.69, 9.17) is 4.74 Å². The molecule has 1 saturated heterocycles. The fourth-order valence-electron chi connectivity index (χ4n) is 2.81. The molecule has 0 spiro atoms. The molecule has 1 aliphatic heterocycles. The van der Waals surface area contributed by atoms with Crippen LogP contribution >= 0.6 is 0 Å². The van der Waals surface area contributed by atoms with Gasteiger partial charge < -0.3 is 10.1 Å². The molecule has 1 aliphatic rings. The number of carbonyl (C=O) groups is 1. The summed E-state index contributed by atoms with van der Waals surface area (Å²) >= 11 is 0. The minimum Gasteiger partial charge on any atom is -0.456 e. The van der Waals surface area contributed by atoms with E-state index in [2.05, 4.69) is 24.4 Å². The molecule has 3 nitrogen and oxygen atoms in total. The molecular formula is C18H19NO2. The second-order valence-corrected chi connectivity index (χ2v) is 5.43. The summed E-state index contributed by atoms with van der Waals surface area (Å²) in [5.74, 6) is -0.137. The number of rotatable bonds is 4. The van der Waals surface area contributed by atoms with Crippen LogP contribution in [0.2, 0.25) is 0 Å². The third kappa shape index (κ3) is 3.14. The van der Waals surface area contributed by atoms with Crippen LogP contribution < -0.4 is 5.32 Å². The van der Waals surface area contributed by atoms with Gasteiger partial charge in [-0.05, 0) is 18.1 Å². The van der Waals surface area contributed by atoms with E-state index in [-0.39, 0.29) is 24.2 Å². The highest BCUT2D eigenvalue weighted by molar-refractivity contribution is 5.73. The Bertz CT molecular complexity index is 597. The lowest BCUT2D eigenvalue weighted by atomic mass is 10.00. The van der Waals surface area contributed by atoms with Gasteiger partial charge in [0.15, 0.2) is 0 Å². The number of esters is 1. The molecule has 0 aromatic heterocycles. The summed E-state index contributed by atoms with van der Waals surface area (Å²) in [5, 5.41) is 3.53. The van der Waals surface area contributed by atoms with Gasteiger partial charge in [-0.1, -0.05) is 60.7 Å². The van der Waals surface area contributed by atoms with Crippen molar-refractivity contribution in [2.75, 3.05) is 0 Å². The Morgan fingerprint density at radius 1 is 1.05 bits per heavy atom. The quantitative estimate of drug-likeness (QED) is 0.873. The molecule has 1 heterocycles. The van der Waals surface area contributed by atoms with Crippen LogP contribution in [0.1, 0.15) is 36.6 Å². The van der Waals surface area contributed by atoms with Gasteiger partial charge in [0.2, 0.25) is 0 Å². The van der Waals surface area contributed by atoms with Gasteiger partial charge in [-0.15, -0.1) is 0 Å². The number of ether oxygens (including phenoxy) is 1. The SMILES string of the molecule is C[C@@H](N[C@H]1CC(=O)O[C@H]1c1ccccc1)c1ccccc1. The first-order valence-corrected chi connectivity index (χ1v) is 7.29. The second kappa shape index (κ2) is 6.10. The Morgan fingerprint density at radius 2 is 1.67 bits per heavy atom. The molecule has 21 heavy (non-hydrogen) atoms. The molecule has 3 heteroatoms. The highest BCUT2D eigenvalue weighted by Crippen LogP contribution is 2.31. The largest absolute Gasteiger partial charge is 0.456 e. The molecule has 0 radical (unpaired) electrons. The molecule has 2 aromatic carbocycles. The molecule has 0 aliphatic carbocycles. The second-order valence-electron chi connectivity index (χ2n) is 5.43. The third-order valence-electron chi connectivity index (χ3n) is 3.90. The normalized spacial score (nSPS) is 22.8. The maximum absolute atomic E-state index is 11.7. The Balaban J connectivity index is 1.76. The van der Waals surface area contributed by atoms with Gasteiger partial charge in [0, 0.05) is 6.04 Å². The minimum atomic E-state index is -0.204. The molecule has 3 atom stereocenters. The lowest BCUT2D eigenvalue weighted by molar-refractivity contribution is -0.141. The van der Waals surface area contributed by atoms with E-state index in [1.54, 1.807) is 0 Å². The van der Waals surface area contributed by atoms with Gasteiger partial charge in [-0.25, -0.2) is 0 Å². The minimum absolute atomic E-state index is 0.00936. The van der Waals surface area contributed by atoms with E-state index in [1.807, 2.05) is 48.5 Å². The molecular weight excluding hydrogens is 262 g/mol. The van der Waals surface area contributed by atoms with Gasteiger partial charge in [-0.3, -0.25) is 4.79 Å². The zero-order valence-electron chi connectivity index (χ0n) is 12.0. The predicted molar refractivity (Wildman–Crippen MR) is 81.7 cm³/mol. The average Bonchev–Trinajstić information content (AvgIpc) is 2.89. The van der Waals surface area contributed by atoms with Gasteiger partial charge >= 0.3 is 5.97 Å². The van der Waals surface area contributed by atoms with Crippen LogP contribution in [0.3, 0.4) is 0 Å². The van der Waals surface area contributed by atoms with Crippen LogP contribution in [0.25, 0.3) is 0 Å². The maximum Gasteiger partial charge on any atom is 0.308 e. The van der Waals surface area contributed by atoms with E-state index in [0.29, 0.717) is 6.42 Å². The van der Waals surface area contributed by atoms with Crippen LogP contribution in [-0.2, 0) is 9.53 Å². The highest BCUT2D eigenvalue weighted by atomic mass is 16.6. The van der Waals surface area contributed by atoms with E-state index in [9.17, 15) is 4.79 Å². The van der Waals surface area contributed by atoms with E-state index in [1.165, 1.54) is 5.56 Å². The van der Waals surface area contributed by atoms with Crippen LogP contribution in [0.4, 0.5) is 0 Å². The van der Waals surface area contributed by atoms with E-state index >= 15 is 0 Å². The van der Waals surface area contributed by atoms with Crippen molar-refractivity contribution in [2.45, 2.75) is 31.5 Å². The number of hydrogen-bond donors (Lipinski definition) is 1. The molecule has 0 saturated carbocycles. The van der Waals surface area contributed by atoms with Crippen molar-refractivity contribution in [3.8, 4) is 0 Å². The van der Waals surface area contributed by atoms with E-state index < -0.39 is 0 Å². The third-order valence-corrected chi connectivity index (χ3v) is 3.90. The van der Waals surface area contributed by atoms with Gasteiger partial charge in [0.1, 0.15) is 6.10 Å². The average molecular weight is 281 g/mol. The molecule has 0 unspecified atom stereocenters. The molecule has 0 amide bonds. The summed E-state index contributed by atoms with van der Waals surface area (Å²) in [6.45, 7) is 2.11. The number of cyclic esters (lactones) is 1. The van der Waals surface area contributed by atoms with Crippen molar-refractivity contribution in [2.24, 2.45) is 0 Å². The molecule has 1 N–H and O–H groups in total. The fourth-order valence-corrected chi connectivity index (χ4v) is 2.81. The molecule has 2 aromatic rings. The maximum atomic E-state index is 11.7. The van der Waals surface area contributed by atoms with Crippen molar-refractivity contribution in [3.05, 3.63) is 71.8 Å². The van der Waals surface area contributed by atoms with Crippen LogP contribution in [0, 0.1) is 0 Å². The van der Waals surface area contributed by atoms with Crippen molar-refractivity contribution < 1.29 is 9.53 Å². The first kappa shape index (κ1) is 13.8. The fraction of sp³-hybridized carbons (Fsp3) is 0.278. The summed E-state index contributed by atoms with van der Waals surface area (Å²) in [6, 6.07) is 20.3. The monoisotopic (exact) mass is 281 g/mol. The Kier molecular flexibility index (Phi) is 4.02. The first-order chi connectivity index (χ1) is 10.2. The van der Waals surface area contributed by atoms with Crippen LogP contribution in [0.15, 0.2) is 60.7 Å². The van der Waals surface area contributed by atoms with Gasteiger partial charge in [0.25, 0.3) is 0 Å². The van der Waals surface area contributed by atoms with Crippen LogP contribution in [0.5, 0.6) is 0 Å². The molecule has 1 fully saturated rings. The Hall–Kier alpha value is -2.13. The zero-order chi connectivity index (χ0) is 14.7. The summed E-state index contributed by atoms with van der Waals surface area (Å²) in [5.41, 5.74) is 2.25. The number of nitrogens with one attached hydrogen (secondary N) is 1. The highest BCUT2D eigenvalue weighted by Gasteiger charge is 2.36. The topological polar surface area (TPSA) is 38.3 Å². The van der Waals surface area contributed by atoms with Crippen molar-refractivity contribution in [3.63, 3.8) is 0 Å². The van der Waals surface area contributed by atoms with E-state index in [0.717, 1.165) is 5.56 Å². The van der Waals surface area contributed by atoms with Gasteiger partial charge in [-0.2, -0.15) is 0 Å². The lowest BCUT2D eigenvalue weighted by Gasteiger charge is -2.23. The number of benzene rings is 2. The number of hydrogen-bond acceptors (Lipinski definition) is 3. The lowest BCUT2D eigenvalue weighted by Crippen LogP contribution is -2.33. The molecule has 0 bridgehead atoms. The summed E-state index contributed by atoms with van der Waals surface area (Å²) in [6.07, 6.45) is 0.210. The standard InChI is InChI=1S/C18H19NO2/c1-13(14-8-4-2-5-9-14)19-16-12-17(20)21-18(16)15-10-6-3-7-11-15/h2-11,13,16,18-19H,12H2,1H3/t13-,16+,18+/m1/s1. The van der Waals surface area contributed by atoms with Crippen LogP contribution in [-0.4, -0.2) is 12.0 Å². The van der Waals surface area contributed by atoms with Crippen molar-refractivity contribution in [1.82, 2.24) is 5.32 Å². The summed E-state index contributed by atoms with van der Waals surface area (Å²) in [7, 11) is 0. The summed E-state index contributed by atoms with van der Waals surface area (Å²) in [4.78, 5) is 11.7.